The number of carbonyl (C=O) groups is 2. The molecule has 1 saturated heterocycles. The molecule has 0 spiro atoms. The quantitative estimate of drug-likeness (QED) is 0.601. The van der Waals surface area contributed by atoms with Gasteiger partial charge in [-0.1, -0.05) is 12.1 Å². The second-order valence-electron chi connectivity index (χ2n) is 4.55. The third-order valence-electron chi connectivity index (χ3n) is 3.05. The molecule has 1 heterocycles. The van der Waals surface area contributed by atoms with Crippen LogP contribution >= 0.6 is 0 Å². The van der Waals surface area contributed by atoms with Gasteiger partial charge in [-0.2, -0.15) is 0 Å². The summed E-state index contributed by atoms with van der Waals surface area (Å²) in [7, 11) is 0. The minimum atomic E-state index is -0.875. The Morgan fingerprint density at radius 2 is 2.05 bits per heavy atom. The van der Waals surface area contributed by atoms with Crippen molar-refractivity contribution < 1.29 is 19.6 Å². The van der Waals surface area contributed by atoms with E-state index in [0.717, 1.165) is 0 Å². The summed E-state index contributed by atoms with van der Waals surface area (Å²) in [6, 6.07) is 5.86. The Balaban J connectivity index is 1.90. The van der Waals surface area contributed by atoms with Crippen LogP contribution in [0, 0.1) is 16.0 Å². The van der Waals surface area contributed by atoms with Crippen LogP contribution in [0.4, 0.5) is 11.4 Å². The average molecular weight is 279 g/mol. The molecule has 8 nitrogen and oxygen atoms in total. The molecule has 1 fully saturated rings. The highest BCUT2D eigenvalue weighted by atomic mass is 16.6. The van der Waals surface area contributed by atoms with Crippen LogP contribution in [0.25, 0.3) is 0 Å². The molecular weight excluding hydrogens is 266 g/mol. The molecule has 0 atom stereocenters. The lowest BCUT2D eigenvalue weighted by molar-refractivity contribution is -0.383. The number of nitrogens with one attached hydrogen (secondary N) is 1. The van der Waals surface area contributed by atoms with Crippen molar-refractivity contribution in [3.8, 4) is 0 Å². The van der Waals surface area contributed by atoms with Gasteiger partial charge in [0.15, 0.2) is 0 Å². The molecule has 1 aliphatic rings. The lowest BCUT2D eigenvalue weighted by atomic mass is 10.0. The van der Waals surface area contributed by atoms with Gasteiger partial charge in [0.05, 0.1) is 17.4 Å². The molecule has 2 N–H and O–H groups in total. The zero-order valence-electron chi connectivity index (χ0n) is 10.5. The molecular formula is C12H13N3O5. The lowest BCUT2D eigenvalue weighted by Crippen LogP contribution is -2.52. The summed E-state index contributed by atoms with van der Waals surface area (Å²) < 4.78 is 0. The second-order valence-corrected chi connectivity index (χ2v) is 4.55. The summed E-state index contributed by atoms with van der Waals surface area (Å²) in [5.74, 6) is -1.71. The highest BCUT2D eigenvalue weighted by molar-refractivity contribution is 5.94. The molecule has 8 heteroatoms. The normalized spacial score (nSPS) is 15.4. The Kier molecular flexibility index (Phi) is 3.94. The Morgan fingerprint density at radius 3 is 2.65 bits per heavy atom. The summed E-state index contributed by atoms with van der Waals surface area (Å²) in [6.45, 7) is 0.662. The fourth-order valence-corrected chi connectivity index (χ4v) is 1.99. The molecule has 0 aromatic heterocycles. The first kappa shape index (κ1) is 13.9. The number of carboxylic acids is 1. The number of carbonyl (C=O) groups excluding carboxylic acids is 1. The van der Waals surface area contributed by atoms with E-state index >= 15 is 0 Å². The molecule has 0 unspecified atom stereocenters. The Bertz CT molecular complexity index is 554. The number of para-hydroxylation sites is 2. The topological polar surface area (TPSA) is 113 Å². The van der Waals surface area contributed by atoms with E-state index in [1.165, 1.54) is 18.2 Å². The molecule has 20 heavy (non-hydrogen) atoms. The first-order chi connectivity index (χ1) is 9.47. The van der Waals surface area contributed by atoms with Crippen molar-refractivity contribution in [3.63, 3.8) is 0 Å². The monoisotopic (exact) mass is 279 g/mol. The highest BCUT2D eigenvalue weighted by Gasteiger charge is 2.33. The number of nitro groups is 1. The molecule has 1 aromatic carbocycles. The van der Waals surface area contributed by atoms with Gasteiger partial charge in [-0.15, -0.1) is 0 Å². The van der Waals surface area contributed by atoms with Crippen LogP contribution in [0.15, 0.2) is 24.3 Å². The summed E-state index contributed by atoms with van der Waals surface area (Å²) >= 11 is 0. The molecule has 0 saturated carbocycles. The minimum absolute atomic E-state index is 0.0236. The largest absolute Gasteiger partial charge is 0.481 e. The van der Waals surface area contributed by atoms with E-state index in [9.17, 15) is 19.7 Å². The third kappa shape index (κ3) is 3.09. The number of aliphatic carboxylic acids is 1. The van der Waals surface area contributed by atoms with Crippen molar-refractivity contribution in [2.45, 2.75) is 0 Å². The number of carboxylic acid groups (broad SMARTS) is 1. The number of hydrogen-bond acceptors (Lipinski definition) is 5. The molecule has 106 valence electrons. The van der Waals surface area contributed by atoms with Gasteiger partial charge < -0.3 is 10.4 Å². The predicted octanol–water partition coefficient (Wildman–Crippen LogP) is 0.550. The van der Waals surface area contributed by atoms with Crippen molar-refractivity contribution in [2.75, 3.05) is 25.0 Å². The number of rotatable bonds is 5. The summed E-state index contributed by atoms with van der Waals surface area (Å²) in [5, 5.41) is 22.0. The van der Waals surface area contributed by atoms with Crippen LogP contribution in [-0.4, -0.2) is 46.4 Å². The third-order valence-corrected chi connectivity index (χ3v) is 3.05. The Labute approximate surface area is 114 Å². The maximum atomic E-state index is 11.7. The second kappa shape index (κ2) is 5.66. The highest BCUT2D eigenvalue weighted by Crippen LogP contribution is 2.23. The Hall–Kier alpha value is -2.48. The zero-order valence-corrected chi connectivity index (χ0v) is 10.5. The number of nitro benzene ring substituents is 1. The molecule has 0 radical (unpaired) electrons. The zero-order chi connectivity index (χ0) is 14.7. The lowest BCUT2D eigenvalue weighted by Gasteiger charge is -2.35. The van der Waals surface area contributed by atoms with Gasteiger partial charge in [-0.3, -0.25) is 24.6 Å². The number of anilines is 1. The minimum Gasteiger partial charge on any atom is -0.481 e. The Morgan fingerprint density at radius 1 is 1.40 bits per heavy atom. The summed E-state index contributed by atoms with van der Waals surface area (Å²) in [5.41, 5.74) is -0.0364. The smallest absolute Gasteiger partial charge is 0.309 e. The number of benzene rings is 1. The van der Waals surface area contributed by atoms with E-state index in [0.29, 0.717) is 13.1 Å². The van der Waals surface area contributed by atoms with E-state index in [4.69, 9.17) is 5.11 Å². The fourth-order valence-electron chi connectivity index (χ4n) is 1.99. The van der Waals surface area contributed by atoms with Crippen molar-refractivity contribution >= 4 is 23.3 Å². The molecule has 1 aromatic rings. The molecule has 0 bridgehead atoms. The van der Waals surface area contributed by atoms with Crippen LogP contribution in [0.3, 0.4) is 0 Å². The van der Waals surface area contributed by atoms with Gasteiger partial charge in [0.2, 0.25) is 5.91 Å². The number of likely N-dealkylation sites (tertiary alicyclic amines) is 1. The molecule has 2 rings (SSSR count). The van der Waals surface area contributed by atoms with Crippen LogP contribution in [0.1, 0.15) is 0 Å². The van der Waals surface area contributed by atoms with E-state index < -0.39 is 22.7 Å². The van der Waals surface area contributed by atoms with Crippen LogP contribution < -0.4 is 5.32 Å². The number of hydrogen-bond donors (Lipinski definition) is 2. The maximum Gasteiger partial charge on any atom is 0.309 e. The first-order valence-corrected chi connectivity index (χ1v) is 5.96. The van der Waals surface area contributed by atoms with Crippen molar-refractivity contribution in [1.82, 2.24) is 4.90 Å². The van der Waals surface area contributed by atoms with Crippen molar-refractivity contribution in [2.24, 2.45) is 5.92 Å². The van der Waals surface area contributed by atoms with Crippen LogP contribution in [0.5, 0.6) is 0 Å². The van der Waals surface area contributed by atoms with Gasteiger partial charge >= 0.3 is 5.97 Å². The van der Waals surface area contributed by atoms with E-state index in [1.54, 1.807) is 11.0 Å². The molecule has 0 aliphatic carbocycles. The van der Waals surface area contributed by atoms with Gasteiger partial charge in [0.25, 0.3) is 5.69 Å². The van der Waals surface area contributed by atoms with Gasteiger partial charge in [-0.05, 0) is 6.07 Å². The average Bonchev–Trinajstić information content (AvgIpc) is 2.33. The maximum absolute atomic E-state index is 11.7. The van der Waals surface area contributed by atoms with Crippen molar-refractivity contribution in [1.29, 1.82) is 0 Å². The SMILES string of the molecule is O=C(CN1CC(C(=O)O)C1)Nc1ccccc1[N+](=O)[O-]. The molecule has 1 amide bonds. The predicted molar refractivity (Wildman–Crippen MR) is 69.3 cm³/mol. The van der Waals surface area contributed by atoms with Gasteiger partial charge in [-0.25, -0.2) is 0 Å². The van der Waals surface area contributed by atoms with Gasteiger partial charge in [0.1, 0.15) is 5.69 Å². The van der Waals surface area contributed by atoms with Gasteiger partial charge in [0, 0.05) is 19.2 Å². The van der Waals surface area contributed by atoms with E-state index in [2.05, 4.69) is 5.32 Å². The standard InChI is InChI=1S/C12H13N3O5/c16-11(7-14-5-8(6-14)12(17)18)13-9-3-1-2-4-10(9)15(19)20/h1-4,8H,5-7H2,(H,13,16)(H,17,18). The summed E-state index contributed by atoms with van der Waals surface area (Å²) in [4.78, 5) is 34.3. The number of amides is 1. The summed E-state index contributed by atoms with van der Waals surface area (Å²) in [6.07, 6.45) is 0. The number of nitrogens with zero attached hydrogens (tertiary/aromatic N) is 2. The van der Waals surface area contributed by atoms with E-state index in [-0.39, 0.29) is 17.9 Å². The van der Waals surface area contributed by atoms with Crippen LogP contribution in [-0.2, 0) is 9.59 Å². The first-order valence-electron chi connectivity index (χ1n) is 5.96. The van der Waals surface area contributed by atoms with Crippen LogP contribution in [0.2, 0.25) is 0 Å². The van der Waals surface area contributed by atoms with E-state index in [1.807, 2.05) is 0 Å². The molecule has 1 aliphatic heterocycles. The van der Waals surface area contributed by atoms with Crippen molar-refractivity contribution in [3.05, 3.63) is 34.4 Å². The fraction of sp³-hybridized carbons (Fsp3) is 0.333.